The highest BCUT2D eigenvalue weighted by Crippen LogP contribution is 2.52. The number of amides is 2. The minimum Gasteiger partial charge on any atom is -0.379 e. The van der Waals surface area contributed by atoms with Gasteiger partial charge in [0.05, 0.1) is 31.6 Å². The number of rotatable bonds is 7. The molecule has 4 unspecified atom stereocenters. The maximum Gasteiger partial charge on any atom is 0.233 e. The second-order valence-corrected chi connectivity index (χ2v) is 9.36. The largest absolute Gasteiger partial charge is 0.379 e. The Morgan fingerprint density at radius 1 is 1.13 bits per heavy atom. The Bertz CT molecular complexity index is 705. The third-order valence-electron chi connectivity index (χ3n) is 7.02. The number of fused-ring (bicyclic) bond motifs is 5. The van der Waals surface area contributed by atoms with Crippen LogP contribution in [0.5, 0.6) is 0 Å². The number of likely N-dealkylation sites (tertiary alicyclic amines) is 1. The number of halogens is 1. The van der Waals surface area contributed by atoms with Gasteiger partial charge >= 0.3 is 0 Å². The van der Waals surface area contributed by atoms with Gasteiger partial charge in [0.2, 0.25) is 11.8 Å². The molecule has 174 valence electrons. The minimum atomic E-state index is -0.122. The number of nitrogens with zero attached hydrogens (tertiary/aromatic N) is 3. The van der Waals surface area contributed by atoms with Gasteiger partial charge in [0.15, 0.2) is 5.96 Å². The molecule has 4 atom stereocenters. The monoisotopic (exact) mass is 545 g/mol. The Balaban J connectivity index is 0.00000272. The van der Waals surface area contributed by atoms with Gasteiger partial charge in [-0.25, -0.2) is 0 Å². The number of carbonyl (C=O) groups is 2. The van der Waals surface area contributed by atoms with Crippen LogP contribution in [0.15, 0.2) is 17.1 Å². The molecule has 2 aliphatic heterocycles. The minimum absolute atomic E-state index is 0. The molecule has 3 fully saturated rings. The summed E-state index contributed by atoms with van der Waals surface area (Å²) in [7, 11) is 0. The number of carbonyl (C=O) groups excluding carboxylic acids is 2. The molecular weight excluding hydrogens is 509 g/mol. The van der Waals surface area contributed by atoms with Crippen molar-refractivity contribution >= 4 is 41.8 Å². The molecule has 0 radical (unpaired) electrons. The predicted molar refractivity (Wildman–Crippen MR) is 130 cm³/mol. The van der Waals surface area contributed by atoms with Crippen molar-refractivity contribution in [2.75, 3.05) is 52.5 Å². The number of ether oxygens (including phenoxy) is 1. The van der Waals surface area contributed by atoms with Crippen molar-refractivity contribution in [2.45, 2.75) is 32.7 Å². The Kier molecular flexibility index (Phi) is 8.01. The second kappa shape index (κ2) is 10.2. The molecular formula is C22H36IN5O3. The lowest BCUT2D eigenvalue weighted by atomic mass is 9.85. The van der Waals surface area contributed by atoms with E-state index in [0.29, 0.717) is 19.6 Å². The fourth-order valence-electron chi connectivity index (χ4n) is 5.35. The first kappa shape index (κ1) is 24.4. The topological polar surface area (TPSA) is 86.3 Å². The average Bonchev–Trinajstić information content (AvgIpc) is 3.42. The van der Waals surface area contributed by atoms with Crippen LogP contribution in [0, 0.1) is 23.7 Å². The maximum atomic E-state index is 12.8. The molecule has 31 heavy (non-hydrogen) atoms. The summed E-state index contributed by atoms with van der Waals surface area (Å²) in [6, 6.07) is 0. The first-order valence-corrected chi connectivity index (χ1v) is 11.3. The van der Waals surface area contributed by atoms with Crippen molar-refractivity contribution in [3.05, 3.63) is 12.2 Å². The molecule has 9 heteroatoms. The van der Waals surface area contributed by atoms with Crippen LogP contribution in [0.25, 0.3) is 0 Å². The first-order chi connectivity index (χ1) is 14.4. The molecule has 2 bridgehead atoms. The molecule has 2 N–H and O–H groups in total. The summed E-state index contributed by atoms with van der Waals surface area (Å²) in [4.78, 5) is 34.2. The van der Waals surface area contributed by atoms with Crippen LogP contribution in [0.2, 0.25) is 0 Å². The van der Waals surface area contributed by atoms with Crippen LogP contribution in [0.3, 0.4) is 0 Å². The van der Waals surface area contributed by atoms with Crippen molar-refractivity contribution in [3.63, 3.8) is 0 Å². The molecule has 4 rings (SSSR count). The fraction of sp³-hybridized carbons (Fsp3) is 0.773. The summed E-state index contributed by atoms with van der Waals surface area (Å²) >= 11 is 0. The summed E-state index contributed by atoms with van der Waals surface area (Å²) in [5.74, 6) is 1.02. The van der Waals surface area contributed by atoms with Crippen LogP contribution in [0.1, 0.15) is 27.2 Å². The van der Waals surface area contributed by atoms with E-state index in [9.17, 15) is 9.59 Å². The fourth-order valence-corrected chi connectivity index (χ4v) is 5.35. The van der Waals surface area contributed by atoms with E-state index in [-0.39, 0.29) is 65.0 Å². The van der Waals surface area contributed by atoms with Crippen molar-refractivity contribution in [1.82, 2.24) is 20.4 Å². The Hall–Kier alpha value is -1.20. The first-order valence-electron chi connectivity index (χ1n) is 11.3. The van der Waals surface area contributed by atoms with E-state index in [1.165, 1.54) is 4.90 Å². The van der Waals surface area contributed by atoms with Crippen molar-refractivity contribution in [3.8, 4) is 0 Å². The van der Waals surface area contributed by atoms with Gasteiger partial charge in [-0.1, -0.05) is 12.2 Å². The third-order valence-corrected chi connectivity index (χ3v) is 7.02. The van der Waals surface area contributed by atoms with Crippen molar-refractivity contribution in [1.29, 1.82) is 0 Å². The molecule has 2 amide bonds. The SMILES string of the molecule is CCNC(=NCC(C)(C)N1CCOCC1)NCCN1C(=O)C2C3C=CC(C3)C2C1=O.I. The van der Waals surface area contributed by atoms with Crippen LogP contribution < -0.4 is 10.6 Å². The maximum absolute atomic E-state index is 12.8. The zero-order valence-corrected chi connectivity index (χ0v) is 21.1. The van der Waals surface area contributed by atoms with Crippen molar-refractivity contribution < 1.29 is 14.3 Å². The lowest BCUT2D eigenvalue weighted by Crippen LogP contribution is -2.52. The molecule has 2 saturated heterocycles. The zero-order valence-electron chi connectivity index (χ0n) is 18.8. The lowest BCUT2D eigenvalue weighted by molar-refractivity contribution is -0.140. The summed E-state index contributed by atoms with van der Waals surface area (Å²) in [5.41, 5.74) is -0.0588. The van der Waals surface area contributed by atoms with Crippen LogP contribution in [0.4, 0.5) is 0 Å². The smallest absolute Gasteiger partial charge is 0.233 e. The van der Waals surface area contributed by atoms with Gasteiger partial charge in [0, 0.05) is 38.3 Å². The molecule has 2 heterocycles. The Morgan fingerprint density at radius 3 is 2.32 bits per heavy atom. The molecule has 2 aliphatic carbocycles. The number of hydrogen-bond acceptors (Lipinski definition) is 5. The number of guanidine groups is 1. The van der Waals surface area contributed by atoms with Gasteiger partial charge in [-0.3, -0.25) is 24.4 Å². The van der Waals surface area contributed by atoms with Gasteiger partial charge in [-0.15, -0.1) is 24.0 Å². The third kappa shape index (κ3) is 4.93. The zero-order chi connectivity index (χ0) is 21.3. The molecule has 8 nitrogen and oxygen atoms in total. The number of morpholine rings is 1. The predicted octanol–water partition coefficient (Wildman–Crippen LogP) is 1.08. The van der Waals surface area contributed by atoms with E-state index in [4.69, 9.17) is 9.73 Å². The number of allylic oxidation sites excluding steroid dienone is 2. The lowest BCUT2D eigenvalue weighted by Gasteiger charge is -2.39. The van der Waals surface area contributed by atoms with E-state index in [2.05, 4.69) is 41.5 Å². The van der Waals surface area contributed by atoms with Gasteiger partial charge in [0.1, 0.15) is 0 Å². The van der Waals surface area contributed by atoms with E-state index < -0.39 is 0 Å². The standard InChI is InChI=1S/C22H35N5O3.HI/c1-4-23-21(25-14-22(2,3)26-9-11-30-12-10-26)24-7-8-27-19(28)17-15-5-6-16(13-15)18(17)20(27)29;/h5-6,15-18H,4,7-14H2,1-3H3,(H2,23,24,25);1H. The molecule has 0 aromatic carbocycles. The van der Waals surface area contributed by atoms with Gasteiger partial charge in [-0.2, -0.15) is 0 Å². The summed E-state index contributed by atoms with van der Waals surface area (Å²) in [6.45, 7) is 12.1. The second-order valence-electron chi connectivity index (χ2n) is 9.36. The summed E-state index contributed by atoms with van der Waals surface area (Å²) in [6.07, 6.45) is 5.23. The molecule has 0 aromatic heterocycles. The average molecular weight is 545 g/mol. The van der Waals surface area contributed by atoms with E-state index >= 15 is 0 Å². The summed E-state index contributed by atoms with van der Waals surface area (Å²) < 4.78 is 5.46. The number of imide groups is 1. The number of aliphatic imine (C=N–C) groups is 1. The van der Waals surface area contributed by atoms with E-state index in [0.717, 1.165) is 45.2 Å². The normalized spacial score (nSPS) is 30.5. The van der Waals surface area contributed by atoms with Gasteiger partial charge in [-0.05, 0) is 39.0 Å². The van der Waals surface area contributed by atoms with E-state index in [1.54, 1.807) is 0 Å². The van der Waals surface area contributed by atoms with Crippen LogP contribution in [-0.2, 0) is 14.3 Å². The Morgan fingerprint density at radius 2 is 1.74 bits per heavy atom. The van der Waals surface area contributed by atoms with E-state index in [1.807, 2.05) is 6.92 Å². The number of hydrogen-bond donors (Lipinski definition) is 2. The highest BCUT2D eigenvalue weighted by Gasteiger charge is 2.58. The molecule has 1 saturated carbocycles. The number of nitrogens with one attached hydrogen (secondary N) is 2. The molecule has 4 aliphatic rings. The molecule has 0 spiro atoms. The van der Waals surface area contributed by atoms with Gasteiger partial charge in [0.25, 0.3) is 0 Å². The highest BCUT2D eigenvalue weighted by molar-refractivity contribution is 14.0. The van der Waals surface area contributed by atoms with Crippen LogP contribution >= 0.6 is 24.0 Å². The highest BCUT2D eigenvalue weighted by atomic mass is 127. The van der Waals surface area contributed by atoms with Gasteiger partial charge < -0.3 is 15.4 Å². The Labute approximate surface area is 202 Å². The van der Waals surface area contributed by atoms with Crippen LogP contribution in [-0.4, -0.2) is 85.6 Å². The molecule has 0 aromatic rings. The van der Waals surface area contributed by atoms with Crippen molar-refractivity contribution in [2.24, 2.45) is 28.7 Å². The summed E-state index contributed by atoms with van der Waals surface area (Å²) in [5, 5.41) is 6.57. The quantitative estimate of drug-likeness (QED) is 0.164.